The Morgan fingerprint density at radius 1 is 1.33 bits per heavy atom. The van der Waals surface area contributed by atoms with Crippen molar-refractivity contribution in [3.8, 4) is 0 Å². The Morgan fingerprint density at radius 3 is 2.27 bits per heavy atom. The van der Waals surface area contributed by atoms with Gasteiger partial charge in [-0.3, -0.25) is 9.59 Å². The fourth-order valence-corrected chi connectivity index (χ4v) is 1.05. The zero-order chi connectivity index (χ0) is 11.8. The molecule has 0 heterocycles. The molecule has 1 N–H and O–H groups in total. The van der Waals surface area contributed by atoms with E-state index in [-0.39, 0.29) is 17.7 Å². The van der Waals surface area contributed by atoms with Gasteiger partial charge in [-0.1, -0.05) is 34.1 Å². The van der Waals surface area contributed by atoms with E-state index in [4.69, 9.17) is 0 Å². The normalized spacial score (nSPS) is 16.0. The average molecular weight is 213 g/mol. The fraction of sp³-hybridized carbons (Fsp3) is 0.833. The number of ketones is 1. The van der Waals surface area contributed by atoms with Crippen LogP contribution in [0.4, 0.5) is 0 Å². The molecule has 1 aliphatic rings. The largest absolute Gasteiger partial charge is 0.347 e. The number of hydrogen-bond acceptors (Lipinski definition) is 2. The van der Waals surface area contributed by atoms with Gasteiger partial charge in [-0.05, 0) is 18.8 Å². The van der Waals surface area contributed by atoms with E-state index in [1.54, 1.807) is 0 Å². The predicted octanol–water partition coefficient (Wildman–Crippen LogP) is 2.30. The standard InChI is InChI=1S/C10H17NO2.C2H6/c1-3-7(2)6-9(12)10(13)11-8-4-5-8;1-2/h7-8H,3-6H2,1-2H3,(H,11,13);1-2H3. The van der Waals surface area contributed by atoms with Crippen LogP contribution in [0.15, 0.2) is 0 Å². The molecule has 1 aliphatic carbocycles. The maximum absolute atomic E-state index is 11.3. The molecular weight excluding hydrogens is 190 g/mol. The van der Waals surface area contributed by atoms with E-state index < -0.39 is 0 Å². The molecular formula is C12H23NO2. The third kappa shape index (κ3) is 6.26. The Kier molecular flexibility index (Phi) is 7.01. The van der Waals surface area contributed by atoms with E-state index >= 15 is 0 Å². The fourth-order valence-electron chi connectivity index (χ4n) is 1.05. The van der Waals surface area contributed by atoms with Gasteiger partial charge in [-0.15, -0.1) is 0 Å². The Labute approximate surface area is 92.6 Å². The van der Waals surface area contributed by atoms with Crippen LogP contribution < -0.4 is 5.32 Å². The zero-order valence-electron chi connectivity index (χ0n) is 10.3. The lowest BCUT2D eigenvalue weighted by molar-refractivity contribution is -0.138. The lowest BCUT2D eigenvalue weighted by atomic mass is 10.0. The topological polar surface area (TPSA) is 46.2 Å². The Morgan fingerprint density at radius 2 is 1.87 bits per heavy atom. The smallest absolute Gasteiger partial charge is 0.287 e. The van der Waals surface area contributed by atoms with Gasteiger partial charge in [0.1, 0.15) is 0 Å². The van der Waals surface area contributed by atoms with Gasteiger partial charge in [0.05, 0.1) is 0 Å². The molecule has 1 saturated carbocycles. The molecule has 0 bridgehead atoms. The van der Waals surface area contributed by atoms with E-state index in [0.29, 0.717) is 12.3 Å². The summed E-state index contributed by atoms with van der Waals surface area (Å²) in [7, 11) is 0. The van der Waals surface area contributed by atoms with Crippen molar-refractivity contribution in [3.63, 3.8) is 0 Å². The molecule has 0 radical (unpaired) electrons. The van der Waals surface area contributed by atoms with E-state index in [0.717, 1.165) is 19.3 Å². The third-order valence-electron chi connectivity index (χ3n) is 2.40. The van der Waals surface area contributed by atoms with E-state index in [9.17, 15) is 9.59 Å². The first kappa shape index (κ1) is 14.1. The van der Waals surface area contributed by atoms with Crippen molar-refractivity contribution in [2.75, 3.05) is 0 Å². The summed E-state index contributed by atoms with van der Waals surface area (Å²) in [5.74, 6) is -0.332. The van der Waals surface area contributed by atoms with Gasteiger partial charge in [-0.2, -0.15) is 0 Å². The number of amides is 1. The van der Waals surface area contributed by atoms with Crippen LogP contribution in [-0.4, -0.2) is 17.7 Å². The summed E-state index contributed by atoms with van der Waals surface area (Å²) in [6.07, 6.45) is 3.39. The van der Waals surface area contributed by atoms with Crippen molar-refractivity contribution in [2.45, 2.75) is 59.4 Å². The van der Waals surface area contributed by atoms with E-state index in [2.05, 4.69) is 5.32 Å². The van der Waals surface area contributed by atoms with Crippen molar-refractivity contribution >= 4 is 11.7 Å². The van der Waals surface area contributed by atoms with Crippen molar-refractivity contribution in [1.29, 1.82) is 0 Å². The lowest BCUT2D eigenvalue weighted by Gasteiger charge is -2.06. The van der Waals surface area contributed by atoms with Crippen molar-refractivity contribution in [1.82, 2.24) is 5.32 Å². The maximum atomic E-state index is 11.3. The summed E-state index contributed by atoms with van der Waals surface area (Å²) >= 11 is 0. The SMILES string of the molecule is CC.CCC(C)CC(=O)C(=O)NC1CC1. The van der Waals surface area contributed by atoms with Gasteiger partial charge in [0.25, 0.3) is 5.91 Å². The van der Waals surface area contributed by atoms with Crippen LogP contribution in [0.5, 0.6) is 0 Å². The molecule has 0 aromatic carbocycles. The van der Waals surface area contributed by atoms with Crippen LogP contribution in [-0.2, 0) is 9.59 Å². The van der Waals surface area contributed by atoms with Gasteiger partial charge in [-0.25, -0.2) is 0 Å². The average Bonchev–Trinajstić information content (AvgIpc) is 3.04. The Balaban J connectivity index is 0.000000921. The molecule has 1 amide bonds. The first-order valence-corrected chi connectivity index (χ1v) is 5.97. The molecule has 1 rings (SSSR count). The number of rotatable bonds is 5. The van der Waals surface area contributed by atoms with Gasteiger partial charge in [0.15, 0.2) is 0 Å². The van der Waals surface area contributed by atoms with Crippen LogP contribution in [0.25, 0.3) is 0 Å². The lowest BCUT2D eigenvalue weighted by Crippen LogP contribution is -2.33. The first-order valence-electron chi connectivity index (χ1n) is 5.97. The molecule has 0 aromatic rings. The minimum absolute atomic E-state index is 0.263. The van der Waals surface area contributed by atoms with Crippen LogP contribution >= 0.6 is 0 Å². The second-order valence-electron chi connectivity index (χ2n) is 3.89. The molecule has 1 unspecified atom stereocenters. The minimum atomic E-state index is -0.386. The maximum Gasteiger partial charge on any atom is 0.287 e. The summed E-state index contributed by atoms with van der Waals surface area (Å²) in [5, 5.41) is 2.69. The molecule has 88 valence electrons. The summed E-state index contributed by atoms with van der Waals surface area (Å²) in [4.78, 5) is 22.4. The van der Waals surface area contributed by atoms with Gasteiger partial charge >= 0.3 is 0 Å². The summed E-state index contributed by atoms with van der Waals surface area (Å²) in [6, 6.07) is 0.286. The summed E-state index contributed by atoms with van der Waals surface area (Å²) in [6.45, 7) is 8.01. The number of hydrogen-bond donors (Lipinski definition) is 1. The molecule has 3 nitrogen and oxygen atoms in total. The molecule has 0 aromatic heterocycles. The Hall–Kier alpha value is -0.860. The number of Topliss-reactive ketones (excluding diaryl/α,β-unsaturated/α-hetero) is 1. The second kappa shape index (κ2) is 7.43. The molecule has 1 atom stereocenters. The van der Waals surface area contributed by atoms with Crippen LogP contribution in [0, 0.1) is 5.92 Å². The molecule has 3 heteroatoms. The first-order chi connectivity index (χ1) is 7.13. The highest BCUT2D eigenvalue weighted by Gasteiger charge is 2.26. The number of carbonyl (C=O) groups excluding carboxylic acids is 2. The minimum Gasteiger partial charge on any atom is -0.347 e. The molecule has 0 saturated heterocycles. The zero-order valence-corrected chi connectivity index (χ0v) is 10.3. The summed E-state index contributed by atoms with van der Waals surface area (Å²) < 4.78 is 0. The quantitative estimate of drug-likeness (QED) is 0.712. The van der Waals surface area contributed by atoms with Crippen LogP contribution in [0.3, 0.4) is 0 Å². The third-order valence-corrected chi connectivity index (χ3v) is 2.40. The van der Waals surface area contributed by atoms with Gasteiger partial charge in [0.2, 0.25) is 5.78 Å². The second-order valence-corrected chi connectivity index (χ2v) is 3.89. The number of carbonyl (C=O) groups is 2. The monoisotopic (exact) mass is 213 g/mol. The molecule has 15 heavy (non-hydrogen) atoms. The van der Waals surface area contributed by atoms with E-state index in [1.165, 1.54) is 0 Å². The van der Waals surface area contributed by atoms with Gasteiger partial charge in [0, 0.05) is 12.5 Å². The molecule has 0 spiro atoms. The van der Waals surface area contributed by atoms with Crippen molar-refractivity contribution in [2.24, 2.45) is 5.92 Å². The highest BCUT2D eigenvalue weighted by atomic mass is 16.2. The van der Waals surface area contributed by atoms with Crippen LogP contribution in [0.2, 0.25) is 0 Å². The molecule has 0 aliphatic heterocycles. The van der Waals surface area contributed by atoms with Gasteiger partial charge < -0.3 is 5.32 Å². The highest BCUT2D eigenvalue weighted by molar-refractivity contribution is 6.36. The predicted molar refractivity (Wildman–Crippen MR) is 61.6 cm³/mol. The van der Waals surface area contributed by atoms with E-state index in [1.807, 2.05) is 27.7 Å². The van der Waals surface area contributed by atoms with Crippen molar-refractivity contribution in [3.05, 3.63) is 0 Å². The van der Waals surface area contributed by atoms with Crippen molar-refractivity contribution < 1.29 is 9.59 Å². The Bertz CT molecular complexity index is 210. The highest BCUT2D eigenvalue weighted by Crippen LogP contribution is 2.18. The molecule has 1 fully saturated rings. The van der Waals surface area contributed by atoms with Crippen LogP contribution in [0.1, 0.15) is 53.4 Å². The summed E-state index contributed by atoms with van der Waals surface area (Å²) in [5.41, 5.74) is 0. The number of nitrogens with one attached hydrogen (secondary N) is 1.